The number of rotatable bonds is 13. The van der Waals surface area contributed by atoms with E-state index in [9.17, 15) is 10.2 Å². The fourth-order valence-corrected chi connectivity index (χ4v) is 2.29. The Morgan fingerprint density at radius 1 is 0.667 bits per heavy atom. The van der Waals surface area contributed by atoms with E-state index in [1.165, 1.54) is 51.4 Å². The number of aliphatic hydroxyl groups excluding tert-OH is 2. The molecule has 0 aliphatic carbocycles. The first-order valence-corrected chi connectivity index (χ1v) is 8.06. The molecule has 0 amide bonds. The Bertz CT molecular complexity index is 159. The molecule has 0 aliphatic rings. The van der Waals surface area contributed by atoms with Gasteiger partial charge in [-0.05, 0) is 19.3 Å². The van der Waals surface area contributed by atoms with Crippen LogP contribution >= 0.6 is 0 Å². The van der Waals surface area contributed by atoms with Crippen LogP contribution in [0.5, 0.6) is 0 Å². The van der Waals surface area contributed by atoms with Crippen molar-refractivity contribution in [1.29, 1.82) is 0 Å². The zero-order valence-electron chi connectivity index (χ0n) is 12.5. The Labute approximate surface area is 114 Å². The minimum absolute atomic E-state index is 0.301. The van der Waals surface area contributed by atoms with Crippen LogP contribution in [0.2, 0.25) is 0 Å². The lowest BCUT2D eigenvalue weighted by Gasteiger charge is -2.13. The molecule has 2 N–H and O–H groups in total. The molecule has 0 aromatic rings. The number of aliphatic hydroxyl groups is 2. The third kappa shape index (κ3) is 12.4. The average molecular weight is 258 g/mol. The minimum atomic E-state index is -0.321. The largest absolute Gasteiger partial charge is 0.393 e. The van der Waals surface area contributed by atoms with Crippen LogP contribution in [-0.4, -0.2) is 22.4 Å². The number of unbranched alkanes of at least 4 members (excludes halogenated alkanes) is 8. The molecule has 0 aromatic heterocycles. The zero-order chi connectivity index (χ0) is 13.6. The van der Waals surface area contributed by atoms with E-state index in [0.29, 0.717) is 6.42 Å². The topological polar surface area (TPSA) is 40.5 Å². The fourth-order valence-electron chi connectivity index (χ4n) is 2.29. The molecule has 0 radical (unpaired) electrons. The van der Waals surface area contributed by atoms with E-state index < -0.39 is 0 Å². The molecule has 0 aliphatic heterocycles. The Balaban J connectivity index is 3.15. The maximum Gasteiger partial charge on any atom is 0.0564 e. The van der Waals surface area contributed by atoms with Crippen molar-refractivity contribution < 1.29 is 10.2 Å². The molecule has 18 heavy (non-hydrogen) atoms. The molecule has 2 unspecified atom stereocenters. The molecule has 0 aromatic carbocycles. The SMILES string of the molecule is CCCCCCCCCCCC(O)CC(O)CC. The van der Waals surface area contributed by atoms with Gasteiger partial charge in [0.25, 0.3) is 0 Å². The lowest BCUT2D eigenvalue weighted by Crippen LogP contribution is -2.16. The summed E-state index contributed by atoms with van der Waals surface area (Å²) in [6.45, 7) is 4.21. The van der Waals surface area contributed by atoms with Crippen LogP contribution in [0.3, 0.4) is 0 Å². The van der Waals surface area contributed by atoms with E-state index in [0.717, 1.165) is 19.3 Å². The summed E-state index contributed by atoms with van der Waals surface area (Å²) in [5.41, 5.74) is 0. The third-order valence-corrected chi connectivity index (χ3v) is 3.66. The van der Waals surface area contributed by atoms with Crippen molar-refractivity contribution in [2.24, 2.45) is 0 Å². The second kappa shape index (κ2) is 13.4. The molecule has 0 spiro atoms. The van der Waals surface area contributed by atoms with Crippen molar-refractivity contribution in [2.75, 3.05) is 0 Å². The molecule has 0 rings (SSSR count). The van der Waals surface area contributed by atoms with Gasteiger partial charge in [0.15, 0.2) is 0 Å². The van der Waals surface area contributed by atoms with Crippen molar-refractivity contribution in [3.8, 4) is 0 Å². The molecule has 0 heterocycles. The zero-order valence-corrected chi connectivity index (χ0v) is 12.5. The van der Waals surface area contributed by atoms with E-state index in [4.69, 9.17) is 0 Å². The monoisotopic (exact) mass is 258 g/mol. The van der Waals surface area contributed by atoms with E-state index in [2.05, 4.69) is 6.92 Å². The van der Waals surface area contributed by atoms with Gasteiger partial charge in [0.2, 0.25) is 0 Å². The highest BCUT2D eigenvalue weighted by Crippen LogP contribution is 2.13. The van der Waals surface area contributed by atoms with Gasteiger partial charge in [0.1, 0.15) is 0 Å². The molecule has 0 bridgehead atoms. The van der Waals surface area contributed by atoms with Crippen molar-refractivity contribution in [3.05, 3.63) is 0 Å². The maximum absolute atomic E-state index is 9.69. The van der Waals surface area contributed by atoms with Gasteiger partial charge in [-0.15, -0.1) is 0 Å². The standard InChI is InChI=1S/C16H34O2/c1-3-5-6-7-8-9-10-11-12-13-16(18)14-15(17)4-2/h15-18H,3-14H2,1-2H3. The summed E-state index contributed by atoms with van der Waals surface area (Å²) in [5, 5.41) is 19.1. The van der Waals surface area contributed by atoms with Gasteiger partial charge in [-0.1, -0.05) is 71.6 Å². The Kier molecular flexibility index (Phi) is 13.3. The van der Waals surface area contributed by atoms with Crippen LogP contribution in [0.1, 0.15) is 90.9 Å². The van der Waals surface area contributed by atoms with Crippen LogP contribution in [0.25, 0.3) is 0 Å². The summed E-state index contributed by atoms with van der Waals surface area (Å²) >= 11 is 0. The predicted octanol–water partition coefficient (Wildman–Crippen LogP) is 4.43. The quantitative estimate of drug-likeness (QED) is 0.480. The second-order valence-electron chi connectivity index (χ2n) is 5.57. The first kappa shape index (κ1) is 17.9. The molecule has 0 fully saturated rings. The van der Waals surface area contributed by atoms with Crippen molar-refractivity contribution >= 4 is 0 Å². The molecule has 2 nitrogen and oxygen atoms in total. The number of hydrogen-bond donors (Lipinski definition) is 2. The summed E-state index contributed by atoms with van der Waals surface area (Å²) in [4.78, 5) is 0. The molecule has 0 saturated heterocycles. The smallest absolute Gasteiger partial charge is 0.0564 e. The molecule has 0 saturated carbocycles. The van der Waals surface area contributed by atoms with Crippen LogP contribution in [0.4, 0.5) is 0 Å². The predicted molar refractivity (Wildman–Crippen MR) is 78.8 cm³/mol. The van der Waals surface area contributed by atoms with Gasteiger partial charge < -0.3 is 10.2 Å². The molecule has 2 heteroatoms. The molecular weight excluding hydrogens is 224 g/mol. The summed E-state index contributed by atoms with van der Waals surface area (Å²) in [6, 6.07) is 0. The second-order valence-corrected chi connectivity index (χ2v) is 5.57. The van der Waals surface area contributed by atoms with Gasteiger partial charge in [-0.3, -0.25) is 0 Å². The van der Waals surface area contributed by atoms with Gasteiger partial charge in [0.05, 0.1) is 12.2 Å². The van der Waals surface area contributed by atoms with Gasteiger partial charge >= 0.3 is 0 Å². The highest BCUT2D eigenvalue weighted by atomic mass is 16.3. The Morgan fingerprint density at radius 2 is 1.17 bits per heavy atom. The lowest BCUT2D eigenvalue weighted by atomic mass is 10.0. The van der Waals surface area contributed by atoms with Crippen LogP contribution in [0, 0.1) is 0 Å². The highest BCUT2D eigenvalue weighted by molar-refractivity contribution is 4.62. The normalized spacial score (nSPS) is 14.7. The lowest BCUT2D eigenvalue weighted by molar-refractivity contribution is 0.0721. The highest BCUT2D eigenvalue weighted by Gasteiger charge is 2.09. The number of hydrogen-bond acceptors (Lipinski definition) is 2. The third-order valence-electron chi connectivity index (χ3n) is 3.66. The van der Waals surface area contributed by atoms with Gasteiger partial charge in [-0.25, -0.2) is 0 Å². The molecule has 2 atom stereocenters. The van der Waals surface area contributed by atoms with E-state index >= 15 is 0 Å². The fraction of sp³-hybridized carbons (Fsp3) is 1.00. The van der Waals surface area contributed by atoms with Crippen LogP contribution in [0.15, 0.2) is 0 Å². The first-order chi connectivity index (χ1) is 8.70. The Morgan fingerprint density at radius 3 is 1.67 bits per heavy atom. The molecule has 110 valence electrons. The summed E-state index contributed by atoms with van der Waals surface area (Å²) in [7, 11) is 0. The van der Waals surface area contributed by atoms with Gasteiger partial charge in [0, 0.05) is 0 Å². The maximum atomic E-state index is 9.69. The first-order valence-electron chi connectivity index (χ1n) is 8.06. The van der Waals surface area contributed by atoms with E-state index in [-0.39, 0.29) is 12.2 Å². The summed E-state index contributed by atoms with van der Waals surface area (Å²) < 4.78 is 0. The van der Waals surface area contributed by atoms with E-state index in [1.54, 1.807) is 0 Å². The van der Waals surface area contributed by atoms with Crippen LogP contribution < -0.4 is 0 Å². The van der Waals surface area contributed by atoms with Crippen molar-refractivity contribution in [1.82, 2.24) is 0 Å². The summed E-state index contributed by atoms with van der Waals surface area (Å²) in [5.74, 6) is 0. The van der Waals surface area contributed by atoms with Gasteiger partial charge in [-0.2, -0.15) is 0 Å². The van der Waals surface area contributed by atoms with Crippen molar-refractivity contribution in [3.63, 3.8) is 0 Å². The minimum Gasteiger partial charge on any atom is -0.393 e. The average Bonchev–Trinajstić information content (AvgIpc) is 2.36. The van der Waals surface area contributed by atoms with Crippen molar-refractivity contribution in [2.45, 2.75) is 103 Å². The Hall–Kier alpha value is -0.0800. The summed E-state index contributed by atoms with van der Waals surface area (Å²) in [6.07, 6.45) is 13.4. The van der Waals surface area contributed by atoms with E-state index in [1.807, 2.05) is 6.92 Å². The molecular formula is C16H34O2. The van der Waals surface area contributed by atoms with Crippen LogP contribution in [-0.2, 0) is 0 Å².